The Labute approximate surface area is 77.9 Å². The van der Waals surface area contributed by atoms with Crippen molar-refractivity contribution < 1.29 is 10.1 Å². The quantitative estimate of drug-likeness (QED) is 0.555. The number of thioether (sulfide) groups is 1. The fraction of sp³-hybridized carbons (Fsp3) is 0.750. The lowest BCUT2D eigenvalue weighted by atomic mass is 10.3. The summed E-state index contributed by atoms with van der Waals surface area (Å²) in [5, 5.41) is 2.50. The van der Waals surface area contributed by atoms with Gasteiger partial charge in [0.15, 0.2) is 0 Å². The molecule has 3 nitrogen and oxygen atoms in total. The van der Waals surface area contributed by atoms with Crippen LogP contribution in [0.4, 0.5) is 4.79 Å². The fourth-order valence-electron chi connectivity index (χ4n) is 1.49. The Morgan fingerprint density at radius 2 is 2.00 bits per heavy atom. The van der Waals surface area contributed by atoms with Crippen LogP contribution in [0.2, 0.25) is 0 Å². The second kappa shape index (κ2) is 4.14. The van der Waals surface area contributed by atoms with Gasteiger partial charge in [-0.05, 0) is 0 Å². The van der Waals surface area contributed by atoms with Gasteiger partial charge in [0.1, 0.15) is 0 Å². The Hall–Kier alpha value is -0.220. The lowest BCUT2D eigenvalue weighted by Crippen LogP contribution is -2.85. The molecule has 0 aliphatic carbocycles. The van der Waals surface area contributed by atoms with Crippen molar-refractivity contribution in [3.8, 4) is 0 Å². The highest BCUT2D eigenvalue weighted by Gasteiger charge is 2.25. The Morgan fingerprint density at radius 1 is 1.50 bits per heavy atom. The monoisotopic (exact) mass is 188 g/mol. The van der Waals surface area contributed by atoms with E-state index in [-0.39, 0.29) is 6.03 Å². The molecule has 1 saturated heterocycles. The van der Waals surface area contributed by atoms with Gasteiger partial charge in [-0.25, -0.2) is 4.79 Å². The summed E-state index contributed by atoms with van der Waals surface area (Å²) in [6.07, 6.45) is 0. The predicted molar refractivity (Wildman–Crippen MR) is 50.8 cm³/mol. The number of nitrogens with two attached hydrogens (primary N) is 1. The van der Waals surface area contributed by atoms with Gasteiger partial charge in [0.25, 0.3) is 0 Å². The van der Waals surface area contributed by atoms with E-state index < -0.39 is 0 Å². The molecule has 2 amide bonds. The number of amides is 2. The molecule has 2 N–H and O–H groups in total. The van der Waals surface area contributed by atoms with Crippen LogP contribution in [0.15, 0.2) is 0 Å². The van der Waals surface area contributed by atoms with Crippen LogP contribution in [0.5, 0.6) is 0 Å². The van der Waals surface area contributed by atoms with Gasteiger partial charge in [0.2, 0.25) is 0 Å². The van der Waals surface area contributed by atoms with Crippen molar-refractivity contribution in [3.63, 3.8) is 0 Å². The van der Waals surface area contributed by atoms with Gasteiger partial charge in [0, 0.05) is 23.6 Å². The Balaban J connectivity index is 2.49. The maximum absolute atomic E-state index is 11.3. The molecule has 1 rings (SSSR count). The molecule has 0 spiro atoms. The average molecular weight is 188 g/mol. The molecular weight excluding hydrogens is 172 g/mol. The molecule has 70 valence electrons. The van der Waals surface area contributed by atoms with E-state index in [1.165, 1.54) is 5.32 Å². The number of nitrogens with zero attached hydrogens (tertiary/aromatic N) is 1. The highest BCUT2D eigenvalue weighted by atomic mass is 32.2. The first-order valence-electron chi connectivity index (χ1n) is 4.20. The first-order chi connectivity index (χ1) is 5.63. The first kappa shape index (κ1) is 9.86. The van der Waals surface area contributed by atoms with Gasteiger partial charge in [0.05, 0.1) is 0 Å². The zero-order valence-electron chi connectivity index (χ0n) is 7.62. The third kappa shape index (κ3) is 2.38. The average Bonchev–Trinajstić information content (AvgIpc) is 2.01. The van der Waals surface area contributed by atoms with Crippen molar-refractivity contribution in [2.45, 2.75) is 24.3 Å². The molecule has 0 aromatic rings. The zero-order chi connectivity index (χ0) is 9.14. The lowest BCUT2D eigenvalue weighted by Gasteiger charge is -2.33. The highest BCUT2D eigenvalue weighted by molar-refractivity contribution is 8.00. The van der Waals surface area contributed by atoms with Gasteiger partial charge >= 0.3 is 6.03 Å². The van der Waals surface area contributed by atoms with Crippen LogP contribution in [0, 0.1) is 7.05 Å². The largest absolute Gasteiger partial charge is 0.395 e. The van der Waals surface area contributed by atoms with Crippen LogP contribution < -0.4 is 5.32 Å². The molecule has 0 saturated carbocycles. The van der Waals surface area contributed by atoms with Crippen molar-refractivity contribution in [3.05, 3.63) is 7.05 Å². The molecule has 0 radical (unpaired) electrons. The number of urea groups is 1. The van der Waals surface area contributed by atoms with E-state index in [2.05, 4.69) is 20.9 Å². The van der Waals surface area contributed by atoms with E-state index in [1.807, 2.05) is 16.7 Å². The minimum atomic E-state index is 0.0639. The summed E-state index contributed by atoms with van der Waals surface area (Å²) in [7, 11) is 3.49. The maximum Gasteiger partial charge on any atom is 0.389 e. The summed E-state index contributed by atoms with van der Waals surface area (Å²) in [5.74, 6) is 0. The smallest absolute Gasteiger partial charge is 0.389 e. The van der Waals surface area contributed by atoms with Crippen molar-refractivity contribution in [1.29, 1.82) is 0 Å². The normalized spacial score (nSPS) is 30.4. The minimum Gasteiger partial charge on any atom is -0.395 e. The van der Waals surface area contributed by atoms with E-state index >= 15 is 0 Å². The fourth-order valence-corrected chi connectivity index (χ4v) is 2.81. The Kier molecular flexibility index (Phi) is 3.40. The maximum atomic E-state index is 11.3. The third-order valence-electron chi connectivity index (χ3n) is 1.91. The molecule has 0 aromatic carbocycles. The molecule has 12 heavy (non-hydrogen) atoms. The Morgan fingerprint density at radius 3 is 2.42 bits per heavy atom. The van der Waals surface area contributed by atoms with Crippen LogP contribution in [-0.4, -0.2) is 34.5 Å². The number of hydrogen-bond donors (Lipinski definition) is 1. The number of hydrogen-bond acceptors (Lipinski definition) is 2. The molecule has 0 bridgehead atoms. The summed E-state index contributed by atoms with van der Waals surface area (Å²) < 4.78 is 0. The van der Waals surface area contributed by atoms with E-state index in [0.717, 1.165) is 13.1 Å². The van der Waals surface area contributed by atoms with Gasteiger partial charge in [-0.15, -0.1) is 7.05 Å². The summed E-state index contributed by atoms with van der Waals surface area (Å²) in [6, 6.07) is 0.0639. The summed E-state index contributed by atoms with van der Waals surface area (Å²) in [4.78, 5) is 13.1. The van der Waals surface area contributed by atoms with E-state index in [9.17, 15) is 4.79 Å². The van der Waals surface area contributed by atoms with Crippen molar-refractivity contribution >= 4 is 17.8 Å². The summed E-state index contributed by atoms with van der Waals surface area (Å²) >= 11 is 1.94. The standard InChI is InChI=1S/C8H16N2OS/c1-6-4-10(8(11)9-3)5-7(2)12-6/h6-7H,3-5,9H2,1-2H3. The van der Waals surface area contributed by atoms with Gasteiger partial charge in [-0.2, -0.15) is 11.8 Å². The van der Waals surface area contributed by atoms with Gasteiger partial charge < -0.3 is 5.32 Å². The first-order valence-corrected chi connectivity index (χ1v) is 5.14. The van der Waals surface area contributed by atoms with Crippen molar-refractivity contribution in [2.24, 2.45) is 0 Å². The minimum absolute atomic E-state index is 0.0639. The SMILES string of the molecule is [CH2-][NH2+]C(=O)N1CC(C)SC(C)C1. The number of quaternary nitrogens is 1. The van der Waals surface area contributed by atoms with E-state index in [4.69, 9.17) is 0 Å². The molecular formula is C8H16N2OS. The van der Waals surface area contributed by atoms with Gasteiger partial charge in [-0.1, -0.05) is 13.8 Å². The molecule has 2 atom stereocenters. The van der Waals surface area contributed by atoms with Crippen molar-refractivity contribution in [2.75, 3.05) is 13.1 Å². The lowest BCUT2D eigenvalue weighted by molar-refractivity contribution is -0.498. The van der Waals surface area contributed by atoms with E-state index in [1.54, 1.807) is 0 Å². The van der Waals surface area contributed by atoms with E-state index in [0.29, 0.717) is 10.5 Å². The molecule has 1 aliphatic heterocycles. The third-order valence-corrected chi connectivity index (χ3v) is 3.13. The van der Waals surface area contributed by atoms with Gasteiger partial charge in [-0.3, -0.25) is 4.90 Å². The number of carbonyl (C=O) groups excluding carboxylic acids is 1. The highest BCUT2D eigenvalue weighted by Crippen LogP contribution is 2.23. The molecule has 1 heterocycles. The topological polar surface area (TPSA) is 36.9 Å². The molecule has 1 aliphatic rings. The van der Waals surface area contributed by atoms with Crippen LogP contribution in [0.3, 0.4) is 0 Å². The van der Waals surface area contributed by atoms with Crippen LogP contribution in [0.1, 0.15) is 13.8 Å². The summed E-state index contributed by atoms with van der Waals surface area (Å²) in [6.45, 7) is 6.03. The molecule has 2 unspecified atom stereocenters. The predicted octanol–water partition coefficient (Wildman–Crippen LogP) is 0.287. The molecule has 4 heteroatoms. The van der Waals surface area contributed by atoms with Crippen molar-refractivity contribution in [1.82, 2.24) is 4.90 Å². The van der Waals surface area contributed by atoms with Crippen LogP contribution >= 0.6 is 11.8 Å². The number of primary amides is 1. The zero-order valence-corrected chi connectivity index (χ0v) is 8.43. The van der Waals surface area contributed by atoms with Crippen LogP contribution in [0.25, 0.3) is 0 Å². The Bertz CT molecular complexity index is 164. The van der Waals surface area contributed by atoms with Crippen LogP contribution in [-0.2, 0) is 0 Å². The molecule has 0 aromatic heterocycles. The molecule has 1 fully saturated rings. The number of carbonyl (C=O) groups is 1. The second-order valence-electron chi connectivity index (χ2n) is 3.20. The summed E-state index contributed by atoms with van der Waals surface area (Å²) in [5.41, 5.74) is 0. The second-order valence-corrected chi connectivity index (χ2v) is 5.09. The number of rotatable bonds is 0.